The number of amides is 4. The van der Waals surface area contributed by atoms with Crippen molar-refractivity contribution in [2.45, 2.75) is 57.9 Å². The molecule has 4 rings (SSSR count). The van der Waals surface area contributed by atoms with Gasteiger partial charge >= 0.3 is 0 Å². The van der Waals surface area contributed by atoms with Crippen LogP contribution in [0, 0.1) is 0 Å². The first kappa shape index (κ1) is 25.3. The lowest BCUT2D eigenvalue weighted by molar-refractivity contribution is -0.136. The van der Waals surface area contributed by atoms with Gasteiger partial charge in [-0.2, -0.15) is 0 Å². The number of nitrogens with one attached hydrogen (secondary N) is 1. The average Bonchev–Trinajstić information content (AvgIpc) is 3.10. The molecule has 1 aromatic rings. The van der Waals surface area contributed by atoms with Crippen LogP contribution < -0.4 is 10.1 Å². The van der Waals surface area contributed by atoms with Crippen LogP contribution in [-0.2, 0) is 9.59 Å². The molecule has 0 bridgehead atoms. The summed E-state index contributed by atoms with van der Waals surface area (Å²) in [6.45, 7) is 9.40. The fraction of sp³-hybridized carbons (Fsp3) is 0.615. The maximum absolute atomic E-state index is 13.1. The summed E-state index contributed by atoms with van der Waals surface area (Å²) in [6.07, 6.45) is 5.94. The zero-order valence-corrected chi connectivity index (χ0v) is 20.6. The number of ether oxygens (including phenoxy) is 1. The lowest BCUT2D eigenvalue weighted by Gasteiger charge is -2.34. The maximum Gasteiger partial charge on any atom is 0.266 e. The number of unbranched alkanes of at least 4 members (excludes halogenated alkanes) is 3. The second kappa shape index (κ2) is 11.8. The van der Waals surface area contributed by atoms with Gasteiger partial charge in [0.25, 0.3) is 11.8 Å². The molecule has 0 radical (unpaired) electrons. The molecule has 3 aliphatic rings. The number of fused-ring (bicyclic) bond motifs is 1. The van der Waals surface area contributed by atoms with E-state index in [1.54, 1.807) is 18.2 Å². The van der Waals surface area contributed by atoms with Crippen molar-refractivity contribution in [3.05, 3.63) is 29.3 Å². The Bertz CT molecular complexity index is 957. The summed E-state index contributed by atoms with van der Waals surface area (Å²) in [5, 5.41) is 2.22. The first-order chi connectivity index (χ1) is 17.0. The predicted octanol–water partition coefficient (Wildman–Crippen LogP) is 2.05. The standard InChI is InChI=1S/C26H36N4O5/c1-2-3-4-12-28-14-16-29(17-15-28)13-5-6-18-35-21-9-7-8-19-23(21)26(34)30(25(19)33)20-10-11-22(31)27-24(20)32/h7-9,20H,2-6,10-18H2,1H3,(H,27,31,32). The lowest BCUT2D eigenvalue weighted by atomic mass is 10.0. The summed E-state index contributed by atoms with van der Waals surface area (Å²) in [5.41, 5.74) is 0.454. The second-order valence-corrected chi connectivity index (χ2v) is 9.57. The summed E-state index contributed by atoms with van der Waals surface area (Å²) < 4.78 is 5.93. The van der Waals surface area contributed by atoms with Crippen LogP contribution in [-0.4, -0.2) is 90.2 Å². The van der Waals surface area contributed by atoms with Crippen molar-refractivity contribution in [2.24, 2.45) is 0 Å². The summed E-state index contributed by atoms with van der Waals surface area (Å²) in [6, 6.07) is 3.99. The molecule has 190 valence electrons. The number of hydrogen-bond acceptors (Lipinski definition) is 7. The smallest absolute Gasteiger partial charge is 0.266 e. The Kier molecular flexibility index (Phi) is 8.51. The number of piperidine rings is 1. The molecule has 1 aromatic carbocycles. The molecule has 2 saturated heterocycles. The molecule has 4 amide bonds. The highest BCUT2D eigenvalue weighted by Crippen LogP contribution is 2.33. The van der Waals surface area contributed by atoms with Gasteiger partial charge in [-0.25, -0.2) is 0 Å². The summed E-state index contributed by atoms with van der Waals surface area (Å²) in [5.74, 6) is -1.68. The molecule has 3 aliphatic heterocycles. The van der Waals surface area contributed by atoms with Crippen molar-refractivity contribution in [1.29, 1.82) is 0 Å². The topological polar surface area (TPSA) is 99.3 Å². The van der Waals surface area contributed by atoms with Gasteiger partial charge in [-0.3, -0.25) is 29.4 Å². The van der Waals surface area contributed by atoms with Gasteiger partial charge in [0.05, 0.1) is 17.7 Å². The van der Waals surface area contributed by atoms with Crippen molar-refractivity contribution in [1.82, 2.24) is 20.0 Å². The molecule has 9 heteroatoms. The number of carbonyl (C=O) groups excluding carboxylic acids is 4. The quantitative estimate of drug-likeness (QED) is 0.379. The summed E-state index contributed by atoms with van der Waals surface area (Å²) in [4.78, 5) is 55.8. The molecular weight excluding hydrogens is 448 g/mol. The minimum Gasteiger partial charge on any atom is -0.493 e. The number of nitrogens with zero attached hydrogens (tertiary/aromatic N) is 3. The number of hydrogen-bond donors (Lipinski definition) is 1. The maximum atomic E-state index is 13.1. The Morgan fingerprint density at radius 2 is 1.60 bits per heavy atom. The third-order valence-electron chi connectivity index (χ3n) is 7.10. The van der Waals surface area contributed by atoms with E-state index in [2.05, 4.69) is 22.0 Å². The van der Waals surface area contributed by atoms with Crippen LogP contribution in [0.3, 0.4) is 0 Å². The summed E-state index contributed by atoms with van der Waals surface area (Å²) >= 11 is 0. The van der Waals surface area contributed by atoms with Crippen molar-refractivity contribution >= 4 is 23.6 Å². The highest BCUT2D eigenvalue weighted by molar-refractivity contribution is 6.24. The van der Waals surface area contributed by atoms with Crippen LogP contribution in [0.2, 0.25) is 0 Å². The van der Waals surface area contributed by atoms with Gasteiger partial charge in [0.1, 0.15) is 11.8 Å². The number of piperazine rings is 1. The van der Waals surface area contributed by atoms with Gasteiger partial charge in [-0.15, -0.1) is 0 Å². The second-order valence-electron chi connectivity index (χ2n) is 9.57. The Balaban J connectivity index is 1.24. The van der Waals surface area contributed by atoms with E-state index in [0.717, 1.165) is 50.5 Å². The molecule has 0 spiro atoms. The van der Waals surface area contributed by atoms with Crippen LogP contribution in [0.4, 0.5) is 0 Å². The molecule has 0 aliphatic carbocycles. The van der Waals surface area contributed by atoms with E-state index in [4.69, 9.17) is 4.74 Å². The lowest BCUT2D eigenvalue weighted by Crippen LogP contribution is -2.54. The number of imide groups is 2. The molecule has 9 nitrogen and oxygen atoms in total. The Hall–Kier alpha value is -2.78. The number of rotatable bonds is 11. The molecule has 0 aromatic heterocycles. The average molecular weight is 485 g/mol. The van der Waals surface area contributed by atoms with Crippen LogP contribution in [0.1, 0.15) is 72.6 Å². The number of carbonyl (C=O) groups is 4. The van der Waals surface area contributed by atoms with E-state index in [0.29, 0.717) is 12.4 Å². The van der Waals surface area contributed by atoms with Gasteiger partial charge in [0.15, 0.2) is 0 Å². The van der Waals surface area contributed by atoms with Crippen LogP contribution in [0.5, 0.6) is 5.75 Å². The molecule has 0 saturated carbocycles. The Morgan fingerprint density at radius 1 is 0.914 bits per heavy atom. The van der Waals surface area contributed by atoms with E-state index in [9.17, 15) is 19.2 Å². The van der Waals surface area contributed by atoms with Gasteiger partial charge in [0, 0.05) is 32.6 Å². The van der Waals surface area contributed by atoms with Crippen molar-refractivity contribution in [3.63, 3.8) is 0 Å². The van der Waals surface area contributed by atoms with Gasteiger partial charge in [-0.05, 0) is 50.9 Å². The minimum absolute atomic E-state index is 0.0983. The highest BCUT2D eigenvalue weighted by Gasteiger charge is 2.45. The van der Waals surface area contributed by atoms with Crippen molar-refractivity contribution < 1.29 is 23.9 Å². The van der Waals surface area contributed by atoms with Crippen LogP contribution in [0.15, 0.2) is 18.2 Å². The van der Waals surface area contributed by atoms with E-state index in [1.807, 2.05) is 0 Å². The predicted molar refractivity (Wildman–Crippen MR) is 130 cm³/mol. The highest BCUT2D eigenvalue weighted by atomic mass is 16.5. The van der Waals surface area contributed by atoms with E-state index in [-0.39, 0.29) is 29.9 Å². The Morgan fingerprint density at radius 3 is 2.26 bits per heavy atom. The van der Waals surface area contributed by atoms with Crippen LogP contribution >= 0.6 is 0 Å². The fourth-order valence-electron chi connectivity index (χ4n) is 5.05. The third kappa shape index (κ3) is 5.90. The first-order valence-corrected chi connectivity index (χ1v) is 12.9. The SMILES string of the molecule is CCCCCN1CCN(CCCCOc2cccc3c2C(=O)N(C2CCC(=O)NC2=O)C3=O)CC1. The Labute approximate surface area is 206 Å². The molecular formula is C26H36N4O5. The minimum atomic E-state index is -0.972. The molecule has 2 fully saturated rings. The largest absolute Gasteiger partial charge is 0.493 e. The van der Waals surface area contributed by atoms with Gasteiger partial charge < -0.3 is 14.5 Å². The fourth-order valence-corrected chi connectivity index (χ4v) is 5.05. The van der Waals surface area contributed by atoms with Crippen LogP contribution in [0.25, 0.3) is 0 Å². The molecule has 35 heavy (non-hydrogen) atoms. The number of benzene rings is 1. The van der Waals surface area contributed by atoms with Gasteiger partial charge in [-0.1, -0.05) is 25.8 Å². The van der Waals surface area contributed by atoms with Crippen molar-refractivity contribution in [3.8, 4) is 5.75 Å². The van der Waals surface area contributed by atoms with Gasteiger partial charge in [0.2, 0.25) is 11.8 Å². The molecule has 1 atom stereocenters. The third-order valence-corrected chi connectivity index (χ3v) is 7.10. The normalized spacial score (nSPS) is 21.4. The monoisotopic (exact) mass is 484 g/mol. The zero-order valence-electron chi connectivity index (χ0n) is 20.6. The molecule has 1 unspecified atom stereocenters. The summed E-state index contributed by atoms with van der Waals surface area (Å²) in [7, 11) is 0. The first-order valence-electron chi connectivity index (χ1n) is 12.9. The van der Waals surface area contributed by atoms with E-state index in [1.165, 1.54) is 25.8 Å². The van der Waals surface area contributed by atoms with E-state index < -0.39 is 23.8 Å². The zero-order chi connectivity index (χ0) is 24.8. The van der Waals surface area contributed by atoms with E-state index >= 15 is 0 Å². The van der Waals surface area contributed by atoms with Crippen molar-refractivity contribution in [2.75, 3.05) is 45.9 Å². The molecule has 1 N–H and O–H groups in total. The molecule has 3 heterocycles.